The highest BCUT2D eigenvalue weighted by molar-refractivity contribution is 6.31. The molecule has 14 heavy (non-hydrogen) atoms. The first-order valence-corrected chi connectivity index (χ1v) is 5.21. The third kappa shape index (κ3) is 2.84. The Bertz CT molecular complexity index is 300. The van der Waals surface area contributed by atoms with Gasteiger partial charge < -0.3 is 0 Å². The van der Waals surface area contributed by atoms with E-state index in [9.17, 15) is 4.79 Å². The standard InChI is InChI=1S/C10H15ClN2O/c1-3-4-8(14)5-6-10-9(11)7-12-13(10)2/h7H,3-6H2,1-2H3. The van der Waals surface area contributed by atoms with Crippen molar-refractivity contribution in [3.8, 4) is 0 Å². The minimum Gasteiger partial charge on any atom is -0.300 e. The zero-order valence-electron chi connectivity index (χ0n) is 8.59. The molecule has 0 aliphatic rings. The van der Waals surface area contributed by atoms with Crippen LogP contribution in [-0.4, -0.2) is 15.6 Å². The normalized spacial score (nSPS) is 10.5. The van der Waals surface area contributed by atoms with Crippen molar-refractivity contribution in [1.29, 1.82) is 0 Å². The molecule has 0 aliphatic carbocycles. The molecule has 1 heterocycles. The smallest absolute Gasteiger partial charge is 0.133 e. The van der Waals surface area contributed by atoms with E-state index in [0.717, 1.165) is 12.1 Å². The summed E-state index contributed by atoms with van der Waals surface area (Å²) in [6, 6.07) is 0. The van der Waals surface area contributed by atoms with E-state index < -0.39 is 0 Å². The van der Waals surface area contributed by atoms with Crippen LogP contribution in [0.3, 0.4) is 0 Å². The molecule has 0 fully saturated rings. The minimum absolute atomic E-state index is 0.296. The third-order valence-corrected chi connectivity index (χ3v) is 2.50. The van der Waals surface area contributed by atoms with Crippen molar-refractivity contribution >= 4 is 17.4 Å². The minimum atomic E-state index is 0.296. The van der Waals surface area contributed by atoms with Crippen LogP contribution < -0.4 is 0 Å². The van der Waals surface area contributed by atoms with Crippen molar-refractivity contribution < 1.29 is 4.79 Å². The predicted octanol–water partition coefficient (Wildman–Crippen LogP) is 2.38. The van der Waals surface area contributed by atoms with E-state index in [0.29, 0.717) is 30.1 Å². The number of aromatic nitrogens is 2. The van der Waals surface area contributed by atoms with Crippen LogP contribution in [0.2, 0.25) is 5.02 Å². The van der Waals surface area contributed by atoms with E-state index in [2.05, 4.69) is 5.10 Å². The fourth-order valence-electron chi connectivity index (χ4n) is 1.38. The lowest BCUT2D eigenvalue weighted by Gasteiger charge is -2.01. The first-order valence-electron chi connectivity index (χ1n) is 4.83. The summed E-state index contributed by atoms with van der Waals surface area (Å²) in [5.74, 6) is 0.296. The zero-order chi connectivity index (χ0) is 10.6. The van der Waals surface area contributed by atoms with Crippen LogP contribution in [0, 0.1) is 0 Å². The Kier molecular flexibility index (Phi) is 4.14. The molecule has 0 bridgehead atoms. The van der Waals surface area contributed by atoms with Gasteiger partial charge in [0.25, 0.3) is 0 Å². The maximum absolute atomic E-state index is 11.3. The highest BCUT2D eigenvalue weighted by atomic mass is 35.5. The molecule has 0 atom stereocenters. The number of carbonyl (C=O) groups is 1. The Morgan fingerprint density at radius 2 is 2.29 bits per heavy atom. The summed E-state index contributed by atoms with van der Waals surface area (Å²) in [7, 11) is 1.84. The number of Topliss-reactive ketones (excluding diaryl/α,β-unsaturated/α-hetero) is 1. The van der Waals surface area contributed by atoms with Crippen LogP contribution in [0.4, 0.5) is 0 Å². The van der Waals surface area contributed by atoms with Gasteiger partial charge in [0.05, 0.1) is 16.9 Å². The van der Waals surface area contributed by atoms with Gasteiger partial charge in [-0.25, -0.2) is 0 Å². The SMILES string of the molecule is CCCC(=O)CCc1c(Cl)cnn1C. The molecular formula is C10H15ClN2O. The summed E-state index contributed by atoms with van der Waals surface area (Å²) in [4.78, 5) is 11.3. The van der Waals surface area contributed by atoms with Crippen molar-refractivity contribution in [2.45, 2.75) is 32.6 Å². The zero-order valence-corrected chi connectivity index (χ0v) is 9.34. The molecule has 78 valence electrons. The van der Waals surface area contributed by atoms with Gasteiger partial charge in [-0.05, 0) is 12.8 Å². The largest absolute Gasteiger partial charge is 0.300 e. The Balaban J connectivity index is 2.49. The van der Waals surface area contributed by atoms with Crippen molar-refractivity contribution in [2.24, 2.45) is 7.05 Å². The van der Waals surface area contributed by atoms with Crippen molar-refractivity contribution in [1.82, 2.24) is 9.78 Å². The molecule has 0 amide bonds. The third-order valence-electron chi connectivity index (χ3n) is 2.18. The molecule has 0 unspecified atom stereocenters. The molecule has 3 nitrogen and oxygen atoms in total. The molecule has 0 spiro atoms. The molecule has 1 aromatic rings. The second kappa shape index (κ2) is 5.15. The molecule has 0 N–H and O–H groups in total. The quantitative estimate of drug-likeness (QED) is 0.755. The van der Waals surface area contributed by atoms with Gasteiger partial charge in [0, 0.05) is 19.9 Å². The predicted molar refractivity (Wildman–Crippen MR) is 56.5 cm³/mol. The van der Waals surface area contributed by atoms with Crippen molar-refractivity contribution in [3.63, 3.8) is 0 Å². The second-order valence-corrected chi connectivity index (χ2v) is 3.76. The van der Waals surface area contributed by atoms with Gasteiger partial charge in [-0.1, -0.05) is 18.5 Å². The van der Waals surface area contributed by atoms with Gasteiger partial charge in [0.1, 0.15) is 5.78 Å². The Labute approximate surface area is 89.1 Å². The Hall–Kier alpha value is -0.830. The fourth-order valence-corrected chi connectivity index (χ4v) is 1.64. The van der Waals surface area contributed by atoms with Gasteiger partial charge >= 0.3 is 0 Å². The number of hydrogen-bond acceptors (Lipinski definition) is 2. The Morgan fingerprint density at radius 3 is 2.79 bits per heavy atom. The maximum Gasteiger partial charge on any atom is 0.133 e. The summed E-state index contributed by atoms with van der Waals surface area (Å²) in [5.41, 5.74) is 0.941. The van der Waals surface area contributed by atoms with Gasteiger partial charge in [-0.3, -0.25) is 9.48 Å². The number of nitrogens with zero attached hydrogens (tertiary/aromatic N) is 2. The van der Waals surface area contributed by atoms with Crippen LogP contribution in [0.5, 0.6) is 0 Å². The van der Waals surface area contributed by atoms with Crippen LogP contribution >= 0.6 is 11.6 Å². The lowest BCUT2D eigenvalue weighted by Crippen LogP contribution is -2.04. The summed E-state index contributed by atoms with van der Waals surface area (Å²) < 4.78 is 1.72. The lowest BCUT2D eigenvalue weighted by atomic mass is 10.1. The summed E-state index contributed by atoms with van der Waals surface area (Å²) >= 11 is 5.91. The maximum atomic E-state index is 11.3. The lowest BCUT2D eigenvalue weighted by molar-refractivity contribution is -0.119. The van der Waals surface area contributed by atoms with Crippen LogP contribution in [0.25, 0.3) is 0 Å². The highest BCUT2D eigenvalue weighted by Crippen LogP contribution is 2.16. The average Bonchev–Trinajstić information content (AvgIpc) is 2.44. The van der Waals surface area contributed by atoms with Crippen LogP contribution in [-0.2, 0) is 18.3 Å². The summed E-state index contributed by atoms with van der Waals surface area (Å²) in [5, 5.41) is 4.66. The van der Waals surface area contributed by atoms with E-state index in [4.69, 9.17) is 11.6 Å². The average molecular weight is 215 g/mol. The number of ketones is 1. The summed E-state index contributed by atoms with van der Waals surface area (Å²) in [6.45, 7) is 2.01. The van der Waals surface area contributed by atoms with Crippen LogP contribution in [0.15, 0.2) is 6.20 Å². The first kappa shape index (κ1) is 11.2. The second-order valence-electron chi connectivity index (χ2n) is 3.35. The molecular weight excluding hydrogens is 200 g/mol. The molecule has 0 aromatic carbocycles. The van der Waals surface area contributed by atoms with E-state index in [-0.39, 0.29) is 0 Å². The van der Waals surface area contributed by atoms with E-state index >= 15 is 0 Å². The molecule has 0 saturated carbocycles. The first-order chi connectivity index (χ1) is 6.65. The number of rotatable bonds is 5. The van der Waals surface area contributed by atoms with Crippen LogP contribution in [0.1, 0.15) is 31.9 Å². The molecule has 0 aliphatic heterocycles. The monoisotopic (exact) mass is 214 g/mol. The molecule has 1 rings (SSSR count). The van der Waals surface area contributed by atoms with E-state index in [1.165, 1.54) is 0 Å². The molecule has 0 saturated heterocycles. The van der Waals surface area contributed by atoms with Crippen molar-refractivity contribution in [3.05, 3.63) is 16.9 Å². The number of halogens is 1. The number of aryl methyl sites for hydroxylation is 1. The van der Waals surface area contributed by atoms with Crippen molar-refractivity contribution in [2.75, 3.05) is 0 Å². The van der Waals surface area contributed by atoms with Gasteiger partial charge in [0.15, 0.2) is 0 Å². The summed E-state index contributed by atoms with van der Waals surface area (Å²) in [6.07, 6.45) is 4.44. The Morgan fingerprint density at radius 1 is 1.57 bits per heavy atom. The topological polar surface area (TPSA) is 34.9 Å². The molecule has 1 aromatic heterocycles. The van der Waals surface area contributed by atoms with Gasteiger partial charge in [-0.2, -0.15) is 5.10 Å². The van der Waals surface area contributed by atoms with E-state index in [1.807, 2.05) is 14.0 Å². The highest BCUT2D eigenvalue weighted by Gasteiger charge is 2.08. The molecule has 0 radical (unpaired) electrons. The van der Waals surface area contributed by atoms with Gasteiger partial charge in [-0.15, -0.1) is 0 Å². The molecule has 4 heteroatoms. The van der Waals surface area contributed by atoms with E-state index in [1.54, 1.807) is 10.9 Å². The number of hydrogen-bond donors (Lipinski definition) is 0. The van der Waals surface area contributed by atoms with Gasteiger partial charge in [0.2, 0.25) is 0 Å². The fraction of sp³-hybridized carbons (Fsp3) is 0.600. The number of carbonyl (C=O) groups excluding carboxylic acids is 1.